The molecule has 1 unspecified atom stereocenters. The fourth-order valence-electron chi connectivity index (χ4n) is 4.30. The maximum absolute atomic E-state index is 13.3. The zero-order chi connectivity index (χ0) is 22.2. The van der Waals surface area contributed by atoms with Crippen LogP contribution in [-0.4, -0.2) is 30.5 Å². The van der Waals surface area contributed by atoms with Crippen molar-refractivity contribution in [3.8, 4) is 5.69 Å². The van der Waals surface area contributed by atoms with Crippen LogP contribution in [0, 0.1) is 19.7 Å². The number of rotatable bonds is 4. The standard InChI is InChI=1S/C24H23FN6O/c1-15-14-26-31(21-9-5-7-17-6-3-4-8-20(17)21)23(15)28-24(32)22-27-16(2)30(29-22)19-12-10-18(25)11-13-19/h3-4,6,8,10-14,21H,5,7,9H2,1-2H3,(H,28,32). The van der Waals surface area contributed by atoms with E-state index in [0.29, 0.717) is 17.3 Å². The molecule has 1 atom stereocenters. The monoisotopic (exact) mass is 430 g/mol. The zero-order valence-corrected chi connectivity index (χ0v) is 17.9. The first kappa shape index (κ1) is 20.1. The van der Waals surface area contributed by atoms with Gasteiger partial charge in [0.05, 0.1) is 17.9 Å². The van der Waals surface area contributed by atoms with E-state index in [1.165, 1.54) is 27.9 Å². The van der Waals surface area contributed by atoms with Crippen molar-refractivity contribution in [2.24, 2.45) is 0 Å². The molecule has 8 heteroatoms. The molecular formula is C24H23FN6O. The Kier molecular flexibility index (Phi) is 5.05. The van der Waals surface area contributed by atoms with E-state index in [0.717, 1.165) is 24.8 Å². The normalized spacial score (nSPS) is 15.4. The van der Waals surface area contributed by atoms with Gasteiger partial charge in [0.25, 0.3) is 5.91 Å². The molecule has 4 aromatic rings. The lowest BCUT2D eigenvalue weighted by Gasteiger charge is -2.27. The third-order valence-electron chi connectivity index (χ3n) is 5.89. The molecule has 0 fully saturated rings. The Hall–Kier alpha value is -3.81. The minimum atomic E-state index is -0.414. The van der Waals surface area contributed by atoms with Gasteiger partial charge in [0.2, 0.25) is 5.82 Å². The predicted octanol–water partition coefficient (Wildman–Crippen LogP) is 4.40. The van der Waals surface area contributed by atoms with Gasteiger partial charge in [-0.1, -0.05) is 24.3 Å². The Balaban J connectivity index is 1.44. The van der Waals surface area contributed by atoms with Gasteiger partial charge >= 0.3 is 0 Å². The number of halogens is 1. The average molecular weight is 430 g/mol. The summed E-state index contributed by atoms with van der Waals surface area (Å²) in [6.07, 6.45) is 4.84. The number of aryl methyl sites for hydroxylation is 3. The van der Waals surface area contributed by atoms with E-state index < -0.39 is 5.91 Å². The van der Waals surface area contributed by atoms with E-state index >= 15 is 0 Å². The molecular weight excluding hydrogens is 407 g/mol. The van der Waals surface area contributed by atoms with Crippen LogP contribution in [0.2, 0.25) is 0 Å². The second-order valence-corrected chi connectivity index (χ2v) is 8.05. The molecule has 1 aliphatic rings. The third-order valence-corrected chi connectivity index (χ3v) is 5.89. The maximum Gasteiger partial charge on any atom is 0.296 e. The SMILES string of the molecule is Cc1cnn(C2CCCc3ccccc32)c1NC(=O)c1nc(C)n(-c2ccc(F)cc2)n1. The number of carbonyl (C=O) groups excluding carboxylic acids is 1. The summed E-state index contributed by atoms with van der Waals surface area (Å²) in [7, 11) is 0. The molecule has 162 valence electrons. The lowest BCUT2D eigenvalue weighted by atomic mass is 9.88. The Labute approximate surface area is 184 Å². The summed E-state index contributed by atoms with van der Waals surface area (Å²) in [5.41, 5.74) is 4.07. The number of nitrogens with one attached hydrogen (secondary N) is 1. The summed E-state index contributed by atoms with van der Waals surface area (Å²) in [6.45, 7) is 3.67. The fraction of sp³-hybridized carbons (Fsp3) is 0.250. The van der Waals surface area contributed by atoms with Crippen molar-refractivity contribution < 1.29 is 9.18 Å². The predicted molar refractivity (Wildman–Crippen MR) is 118 cm³/mol. The average Bonchev–Trinajstić information content (AvgIpc) is 3.37. The summed E-state index contributed by atoms with van der Waals surface area (Å²) in [5.74, 6) is 0.476. The highest BCUT2D eigenvalue weighted by molar-refractivity contribution is 6.01. The smallest absolute Gasteiger partial charge is 0.296 e. The second-order valence-electron chi connectivity index (χ2n) is 8.05. The van der Waals surface area contributed by atoms with Crippen LogP contribution < -0.4 is 5.32 Å². The molecule has 0 saturated heterocycles. The summed E-state index contributed by atoms with van der Waals surface area (Å²) in [4.78, 5) is 17.4. The van der Waals surface area contributed by atoms with E-state index in [2.05, 4.69) is 38.7 Å². The quantitative estimate of drug-likeness (QED) is 0.521. The summed E-state index contributed by atoms with van der Waals surface area (Å²) < 4.78 is 16.7. The molecule has 2 aromatic carbocycles. The van der Waals surface area contributed by atoms with Gasteiger partial charge in [-0.15, -0.1) is 5.10 Å². The highest BCUT2D eigenvalue weighted by Crippen LogP contribution is 2.35. The topological polar surface area (TPSA) is 77.6 Å². The van der Waals surface area contributed by atoms with Gasteiger partial charge in [0.15, 0.2) is 0 Å². The zero-order valence-electron chi connectivity index (χ0n) is 17.9. The molecule has 0 aliphatic heterocycles. The van der Waals surface area contributed by atoms with Gasteiger partial charge < -0.3 is 5.32 Å². The molecule has 0 radical (unpaired) electrons. The molecule has 0 saturated carbocycles. The number of aromatic nitrogens is 5. The van der Waals surface area contributed by atoms with Crippen molar-refractivity contribution in [2.75, 3.05) is 5.32 Å². The van der Waals surface area contributed by atoms with Crippen LogP contribution in [0.5, 0.6) is 0 Å². The number of hydrogen-bond acceptors (Lipinski definition) is 4. The minimum absolute atomic E-state index is 0.0445. The van der Waals surface area contributed by atoms with Gasteiger partial charge in [-0.05, 0) is 68.5 Å². The van der Waals surface area contributed by atoms with Crippen LogP contribution >= 0.6 is 0 Å². The van der Waals surface area contributed by atoms with Gasteiger partial charge in [-0.3, -0.25) is 4.79 Å². The third kappa shape index (κ3) is 3.57. The molecule has 0 spiro atoms. The van der Waals surface area contributed by atoms with E-state index in [9.17, 15) is 9.18 Å². The molecule has 1 amide bonds. The minimum Gasteiger partial charge on any atom is -0.304 e. The fourth-order valence-corrected chi connectivity index (χ4v) is 4.30. The van der Waals surface area contributed by atoms with Crippen molar-refractivity contribution in [3.05, 3.63) is 88.9 Å². The van der Waals surface area contributed by atoms with Crippen molar-refractivity contribution in [2.45, 2.75) is 39.2 Å². The Morgan fingerprint density at radius 3 is 2.72 bits per heavy atom. The highest BCUT2D eigenvalue weighted by Gasteiger charge is 2.26. The lowest BCUT2D eigenvalue weighted by Crippen LogP contribution is -2.23. The van der Waals surface area contributed by atoms with Crippen LogP contribution in [0.3, 0.4) is 0 Å². The Bertz CT molecular complexity index is 1290. The van der Waals surface area contributed by atoms with E-state index in [1.807, 2.05) is 17.7 Å². The highest BCUT2D eigenvalue weighted by atomic mass is 19.1. The van der Waals surface area contributed by atoms with Crippen molar-refractivity contribution >= 4 is 11.7 Å². The molecule has 7 nitrogen and oxygen atoms in total. The lowest BCUT2D eigenvalue weighted by molar-refractivity contribution is 0.101. The Morgan fingerprint density at radius 2 is 1.91 bits per heavy atom. The second kappa shape index (κ2) is 8.03. The molecule has 32 heavy (non-hydrogen) atoms. The first-order valence-corrected chi connectivity index (χ1v) is 10.6. The Morgan fingerprint density at radius 1 is 1.12 bits per heavy atom. The molecule has 1 aliphatic carbocycles. The van der Waals surface area contributed by atoms with Crippen molar-refractivity contribution in [1.29, 1.82) is 0 Å². The van der Waals surface area contributed by atoms with Gasteiger partial charge in [-0.25, -0.2) is 18.7 Å². The first-order valence-electron chi connectivity index (χ1n) is 10.6. The molecule has 5 rings (SSSR count). The number of nitrogens with zero attached hydrogens (tertiary/aromatic N) is 5. The van der Waals surface area contributed by atoms with Crippen LogP contribution in [0.25, 0.3) is 5.69 Å². The molecule has 2 aromatic heterocycles. The van der Waals surface area contributed by atoms with Crippen LogP contribution in [0.1, 0.15) is 52.0 Å². The first-order chi connectivity index (χ1) is 15.5. The number of anilines is 1. The summed E-state index contributed by atoms with van der Waals surface area (Å²) in [6, 6.07) is 14.3. The van der Waals surface area contributed by atoms with Crippen molar-refractivity contribution in [1.82, 2.24) is 24.5 Å². The van der Waals surface area contributed by atoms with Crippen LogP contribution in [-0.2, 0) is 6.42 Å². The van der Waals surface area contributed by atoms with E-state index in [1.54, 1.807) is 25.3 Å². The number of fused-ring (bicyclic) bond motifs is 1. The molecule has 1 N–H and O–H groups in total. The van der Waals surface area contributed by atoms with Crippen molar-refractivity contribution in [3.63, 3.8) is 0 Å². The van der Waals surface area contributed by atoms with Crippen LogP contribution in [0.4, 0.5) is 10.2 Å². The van der Waals surface area contributed by atoms with E-state index in [-0.39, 0.29) is 17.7 Å². The number of carbonyl (C=O) groups is 1. The summed E-state index contributed by atoms with van der Waals surface area (Å²) >= 11 is 0. The van der Waals surface area contributed by atoms with E-state index in [4.69, 9.17) is 0 Å². The van der Waals surface area contributed by atoms with Crippen LogP contribution in [0.15, 0.2) is 54.7 Å². The maximum atomic E-state index is 13.3. The largest absolute Gasteiger partial charge is 0.304 e. The molecule has 0 bridgehead atoms. The number of benzene rings is 2. The number of hydrogen-bond donors (Lipinski definition) is 1. The molecule has 2 heterocycles. The van der Waals surface area contributed by atoms with Gasteiger partial charge in [-0.2, -0.15) is 5.10 Å². The number of amides is 1. The summed E-state index contributed by atoms with van der Waals surface area (Å²) in [5, 5.41) is 11.9. The van der Waals surface area contributed by atoms with Gasteiger partial charge in [0, 0.05) is 5.56 Å². The van der Waals surface area contributed by atoms with Gasteiger partial charge in [0.1, 0.15) is 17.5 Å².